The molecule has 5 heteroatoms. The fourth-order valence-electron chi connectivity index (χ4n) is 2.69. The molecule has 0 fully saturated rings. The van der Waals surface area contributed by atoms with Gasteiger partial charge in [-0.2, -0.15) is 0 Å². The van der Waals surface area contributed by atoms with Crippen LogP contribution in [0.1, 0.15) is 26.8 Å². The maximum absolute atomic E-state index is 5.71. The van der Waals surface area contributed by atoms with Gasteiger partial charge in [-0.3, -0.25) is 0 Å². The van der Waals surface area contributed by atoms with Crippen LogP contribution in [0.25, 0.3) is 11.0 Å². The van der Waals surface area contributed by atoms with Gasteiger partial charge in [-0.05, 0) is 51.3 Å². The molecule has 0 bridgehead atoms. The number of aromatic amines is 1. The number of ether oxygens (including phenoxy) is 1. The van der Waals surface area contributed by atoms with Gasteiger partial charge >= 0.3 is 0 Å². The van der Waals surface area contributed by atoms with Crippen molar-refractivity contribution >= 4 is 23.3 Å². The lowest BCUT2D eigenvalue weighted by atomic mass is 10.0. The summed E-state index contributed by atoms with van der Waals surface area (Å²) in [6.45, 7) is 8.07. The molecule has 0 radical (unpaired) electrons. The molecule has 0 saturated carbocycles. The first-order valence-electron chi connectivity index (χ1n) is 7.46. The Labute approximate surface area is 131 Å². The second kappa shape index (κ2) is 6.62. The molecule has 0 aliphatic rings. The van der Waals surface area contributed by atoms with Crippen molar-refractivity contribution < 1.29 is 4.74 Å². The van der Waals surface area contributed by atoms with E-state index in [9.17, 15) is 0 Å². The molecule has 21 heavy (non-hydrogen) atoms. The number of benzene rings is 1. The SMILES string of the molecule is CCOc1cccc2c1[nH]c(=S)n2C(CN(C)C)C(C)C. The zero-order valence-corrected chi connectivity index (χ0v) is 14.3. The molecule has 1 aromatic heterocycles. The first kappa shape index (κ1) is 16.0. The number of H-pyrrole nitrogens is 1. The molecule has 0 spiro atoms. The predicted octanol–water partition coefficient (Wildman–Crippen LogP) is 3.86. The Morgan fingerprint density at radius 2 is 2.05 bits per heavy atom. The van der Waals surface area contributed by atoms with E-state index in [1.807, 2.05) is 19.1 Å². The van der Waals surface area contributed by atoms with E-state index >= 15 is 0 Å². The van der Waals surface area contributed by atoms with Crippen molar-refractivity contribution in [3.63, 3.8) is 0 Å². The minimum Gasteiger partial charge on any atom is -0.492 e. The Hall–Kier alpha value is -1.33. The topological polar surface area (TPSA) is 33.2 Å². The molecule has 1 aromatic carbocycles. The summed E-state index contributed by atoms with van der Waals surface area (Å²) in [5.41, 5.74) is 2.11. The van der Waals surface area contributed by atoms with Crippen LogP contribution >= 0.6 is 12.2 Å². The van der Waals surface area contributed by atoms with Crippen LogP contribution in [-0.2, 0) is 0 Å². The number of aromatic nitrogens is 2. The first-order chi connectivity index (χ1) is 9.95. The Morgan fingerprint density at radius 1 is 1.33 bits per heavy atom. The quantitative estimate of drug-likeness (QED) is 0.823. The molecule has 2 aromatic rings. The average Bonchev–Trinajstić information content (AvgIpc) is 2.73. The van der Waals surface area contributed by atoms with Crippen molar-refractivity contribution in [1.29, 1.82) is 0 Å². The van der Waals surface area contributed by atoms with Gasteiger partial charge in [0.1, 0.15) is 11.3 Å². The summed E-state index contributed by atoms with van der Waals surface area (Å²) in [5.74, 6) is 1.36. The van der Waals surface area contributed by atoms with Gasteiger partial charge in [-0.15, -0.1) is 0 Å². The summed E-state index contributed by atoms with van der Waals surface area (Å²) >= 11 is 5.58. The van der Waals surface area contributed by atoms with Crippen LogP contribution in [0, 0.1) is 10.7 Å². The number of rotatable bonds is 6. The number of para-hydroxylation sites is 1. The van der Waals surface area contributed by atoms with Gasteiger partial charge in [0.05, 0.1) is 18.2 Å². The van der Waals surface area contributed by atoms with E-state index < -0.39 is 0 Å². The molecule has 0 aliphatic carbocycles. The van der Waals surface area contributed by atoms with Crippen molar-refractivity contribution in [2.24, 2.45) is 5.92 Å². The smallest absolute Gasteiger partial charge is 0.178 e. The molecule has 1 N–H and O–H groups in total. The summed E-state index contributed by atoms with van der Waals surface area (Å²) in [6, 6.07) is 6.45. The zero-order chi connectivity index (χ0) is 15.6. The highest BCUT2D eigenvalue weighted by Crippen LogP contribution is 2.30. The predicted molar refractivity (Wildman–Crippen MR) is 90.7 cm³/mol. The third-order valence-electron chi connectivity index (χ3n) is 3.67. The highest BCUT2D eigenvalue weighted by atomic mass is 32.1. The first-order valence-corrected chi connectivity index (χ1v) is 7.87. The summed E-state index contributed by atoms with van der Waals surface area (Å²) < 4.78 is 8.70. The van der Waals surface area contributed by atoms with Gasteiger partial charge < -0.3 is 19.2 Å². The molecule has 1 atom stereocenters. The van der Waals surface area contributed by atoms with Crippen molar-refractivity contribution in [1.82, 2.24) is 14.5 Å². The van der Waals surface area contributed by atoms with Crippen molar-refractivity contribution in [2.45, 2.75) is 26.8 Å². The van der Waals surface area contributed by atoms with Gasteiger partial charge in [0.2, 0.25) is 0 Å². The number of fused-ring (bicyclic) bond motifs is 1. The van der Waals surface area contributed by atoms with Crippen LogP contribution in [0.15, 0.2) is 18.2 Å². The van der Waals surface area contributed by atoms with Crippen LogP contribution in [-0.4, -0.2) is 41.7 Å². The highest BCUT2D eigenvalue weighted by Gasteiger charge is 2.21. The third kappa shape index (κ3) is 3.30. The number of imidazole rings is 1. The molecule has 1 heterocycles. The summed E-state index contributed by atoms with van der Waals surface area (Å²) in [6.07, 6.45) is 0. The van der Waals surface area contributed by atoms with Gasteiger partial charge in [0, 0.05) is 6.54 Å². The van der Waals surface area contributed by atoms with E-state index in [0.717, 1.165) is 28.1 Å². The lowest BCUT2D eigenvalue weighted by Crippen LogP contribution is -2.28. The molecule has 0 saturated heterocycles. The van der Waals surface area contributed by atoms with E-state index in [2.05, 4.69) is 48.5 Å². The second-order valence-corrected chi connectivity index (χ2v) is 6.34. The van der Waals surface area contributed by atoms with Crippen molar-refractivity contribution in [3.8, 4) is 5.75 Å². The Kier molecular flexibility index (Phi) is 5.06. The molecular weight excluding hydrogens is 282 g/mol. The van der Waals surface area contributed by atoms with Crippen LogP contribution in [0.5, 0.6) is 5.75 Å². The normalized spacial score (nSPS) is 13.3. The van der Waals surface area contributed by atoms with Crippen molar-refractivity contribution in [2.75, 3.05) is 27.2 Å². The number of nitrogens with one attached hydrogen (secondary N) is 1. The van der Waals surface area contributed by atoms with E-state index in [0.29, 0.717) is 18.6 Å². The monoisotopic (exact) mass is 307 g/mol. The largest absolute Gasteiger partial charge is 0.492 e. The van der Waals surface area contributed by atoms with Crippen LogP contribution < -0.4 is 4.74 Å². The number of hydrogen-bond acceptors (Lipinski definition) is 3. The van der Waals surface area contributed by atoms with E-state index in [1.54, 1.807) is 0 Å². The Balaban J connectivity index is 2.60. The average molecular weight is 307 g/mol. The van der Waals surface area contributed by atoms with Crippen LogP contribution in [0.4, 0.5) is 0 Å². The van der Waals surface area contributed by atoms with Gasteiger partial charge in [-0.25, -0.2) is 0 Å². The minimum atomic E-state index is 0.332. The zero-order valence-electron chi connectivity index (χ0n) is 13.5. The lowest BCUT2D eigenvalue weighted by Gasteiger charge is -2.26. The fraction of sp³-hybridized carbons (Fsp3) is 0.562. The Bertz CT molecular complexity index is 657. The van der Waals surface area contributed by atoms with E-state index in [-0.39, 0.29) is 0 Å². The molecule has 116 valence electrons. The molecule has 1 unspecified atom stereocenters. The third-order valence-corrected chi connectivity index (χ3v) is 3.97. The maximum Gasteiger partial charge on any atom is 0.178 e. The molecule has 0 aliphatic heterocycles. The molecule has 4 nitrogen and oxygen atoms in total. The van der Waals surface area contributed by atoms with E-state index in [4.69, 9.17) is 17.0 Å². The summed E-state index contributed by atoms with van der Waals surface area (Å²) in [5, 5.41) is 0. The minimum absolute atomic E-state index is 0.332. The van der Waals surface area contributed by atoms with Crippen molar-refractivity contribution in [3.05, 3.63) is 23.0 Å². The Morgan fingerprint density at radius 3 is 2.62 bits per heavy atom. The van der Waals surface area contributed by atoms with E-state index in [1.165, 1.54) is 0 Å². The second-order valence-electron chi connectivity index (χ2n) is 5.96. The molecular formula is C16H25N3OS. The lowest BCUT2D eigenvalue weighted by molar-refractivity contribution is 0.272. The molecule has 2 rings (SSSR count). The van der Waals surface area contributed by atoms with Gasteiger partial charge in [0.25, 0.3) is 0 Å². The highest BCUT2D eigenvalue weighted by molar-refractivity contribution is 7.71. The summed E-state index contributed by atoms with van der Waals surface area (Å²) in [7, 11) is 4.19. The fourth-order valence-corrected chi connectivity index (χ4v) is 3.03. The maximum atomic E-state index is 5.71. The number of nitrogens with zero attached hydrogens (tertiary/aromatic N) is 2. The van der Waals surface area contributed by atoms with Crippen LogP contribution in [0.2, 0.25) is 0 Å². The van der Waals surface area contributed by atoms with Gasteiger partial charge in [-0.1, -0.05) is 19.9 Å². The number of hydrogen-bond donors (Lipinski definition) is 1. The van der Waals surface area contributed by atoms with Crippen LogP contribution in [0.3, 0.4) is 0 Å². The summed E-state index contributed by atoms with van der Waals surface area (Å²) in [4.78, 5) is 5.53. The number of likely N-dealkylation sites (N-methyl/N-ethyl adjacent to an activating group) is 1. The van der Waals surface area contributed by atoms with Gasteiger partial charge in [0.15, 0.2) is 4.77 Å². The molecule has 0 amide bonds. The standard InChI is InChI=1S/C16H25N3OS/c1-6-20-14-9-7-8-12-15(14)17-16(21)19(12)13(11(2)3)10-18(4)5/h7-9,11,13H,6,10H2,1-5H3,(H,17,21).